The average molecular weight is 470 g/mol. The smallest absolute Gasteiger partial charge is 0.387 e. The van der Waals surface area contributed by atoms with E-state index in [9.17, 15) is 28.3 Å². The van der Waals surface area contributed by atoms with Crippen LogP contribution < -0.4 is 4.74 Å². The van der Waals surface area contributed by atoms with Gasteiger partial charge in [0.1, 0.15) is 39.4 Å². The number of phenolic OH excluding ortho intramolecular Hbond substituents is 1. The quantitative estimate of drug-likeness (QED) is 0.343. The maximum absolute atomic E-state index is 12.6. The van der Waals surface area contributed by atoms with E-state index < -0.39 is 40.5 Å². The summed E-state index contributed by atoms with van der Waals surface area (Å²) in [4.78, 5) is 15.6. The molecule has 0 radical (unpaired) electrons. The molecular formula is C21H24F2N2O6S. The van der Waals surface area contributed by atoms with Crippen molar-refractivity contribution in [2.45, 2.75) is 44.7 Å². The fourth-order valence-electron chi connectivity index (χ4n) is 2.49. The van der Waals surface area contributed by atoms with Gasteiger partial charge < -0.3 is 24.2 Å². The molecule has 2 rings (SSSR count). The maximum Gasteiger partial charge on any atom is 0.387 e. The lowest BCUT2D eigenvalue weighted by atomic mass is 10.0. The van der Waals surface area contributed by atoms with Crippen LogP contribution >= 0.6 is 0 Å². The molecule has 0 aliphatic rings. The minimum atomic E-state index is -3.07. The van der Waals surface area contributed by atoms with E-state index in [1.807, 2.05) is 0 Å². The lowest BCUT2D eigenvalue weighted by molar-refractivity contribution is -0.0499. The van der Waals surface area contributed by atoms with Crippen LogP contribution in [0.15, 0.2) is 40.9 Å². The van der Waals surface area contributed by atoms with Crippen molar-refractivity contribution in [1.29, 1.82) is 0 Å². The number of phenols is 1. The molecule has 1 aromatic carbocycles. The first-order chi connectivity index (χ1) is 14.9. The molecule has 1 heterocycles. The summed E-state index contributed by atoms with van der Waals surface area (Å²) in [6, 6.07) is 6.32. The van der Waals surface area contributed by atoms with Crippen LogP contribution in [0.25, 0.3) is 0 Å². The second-order valence-electron chi connectivity index (χ2n) is 7.64. The molecule has 174 valence electrons. The molecule has 11 heteroatoms. The number of aromatic hydroxyl groups is 1. The van der Waals surface area contributed by atoms with E-state index >= 15 is 0 Å². The van der Waals surface area contributed by atoms with Crippen LogP contribution in [-0.2, 0) is 16.1 Å². The number of rotatable bonds is 8. The Kier molecular flexibility index (Phi) is 8.53. The Bertz CT molecular complexity index is 964. The van der Waals surface area contributed by atoms with Crippen molar-refractivity contribution in [1.82, 2.24) is 4.98 Å². The number of carbonyl (C=O) groups is 1. The third-order valence-electron chi connectivity index (χ3n) is 4.16. The van der Waals surface area contributed by atoms with Gasteiger partial charge in [0.05, 0.1) is 18.4 Å². The summed E-state index contributed by atoms with van der Waals surface area (Å²) in [5.74, 6) is -1.29. The monoisotopic (exact) mass is 470 g/mol. The Labute approximate surface area is 187 Å². The minimum Gasteiger partial charge on any atom is -0.591 e. The zero-order chi connectivity index (χ0) is 24.1. The molecule has 2 atom stereocenters. The molecule has 0 fully saturated rings. The number of aliphatic hydroxyl groups excluding tert-OH is 1. The van der Waals surface area contributed by atoms with Gasteiger partial charge in [0.15, 0.2) is 0 Å². The number of alkyl halides is 2. The maximum atomic E-state index is 12.6. The summed E-state index contributed by atoms with van der Waals surface area (Å²) >= 11 is -1.74. The molecule has 32 heavy (non-hydrogen) atoms. The third kappa shape index (κ3) is 6.87. The van der Waals surface area contributed by atoms with Crippen molar-refractivity contribution in [3.63, 3.8) is 0 Å². The zero-order valence-corrected chi connectivity index (χ0v) is 18.7. The van der Waals surface area contributed by atoms with Crippen LogP contribution in [0.4, 0.5) is 8.78 Å². The van der Waals surface area contributed by atoms with Crippen molar-refractivity contribution in [3.05, 3.63) is 53.3 Å². The van der Waals surface area contributed by atoms with Gasteiger partial charge in [-0.2, -0.15) is 8.78 Å². The van der Waals surface area contributed by atoms with Gasteiger partial charge in [-0.05, 0) is 45.0 Å². The minimum absolute atomic E-state index is 0.0747. The normalized spacial score (nSPS) is 14.2. The molecule has 2 aromatic rings. The van der Waals surface area contributed by atoms with E-state index in [4.69, 9.17) is 0 Å². The zero-order valence-electron chi connectivity index (χ0n) is 17.9. The third-order valence-corrected chi connectivity index (χ3v) is 5.59. The van der Waals surface area contributed by atoms with Gasteiger partial charge in [-0.1, -0.05) is 4.40 Å². The first kappa shape index (κ1) is 25.5. The van der Waals surface area contributed by atoms with Gasteiger partial charge in [-0.15, -0.1) is 0 Å². The fourth-order valence-corrected chi connectivity index (χ4v) is 3.14. The molecule has 2 N–H and O–H groups in total. The second-order valence-corrected chi connectivity index (χ2v) is 9.55. The van der Waals surface area contributed by atoms with Crippen LogP contribution in [0.2, 0.25) is 0 Å². The van der Waals surface area contributed by atoms with Crippen molar-refractivity contribution in [2.24, 2.45) is 4.40 Å². The van der Waals surface area contributed by atoms with Gasteiger partial charge in [-0.3, -0.25) is 4.98 Å². The summed E-state index contributed by atoms with van der Waals surface area (Å²) in [5, 5.41) is 21.0. The van der Waals surface area contributed by atoms with Crippen molar-refractivity contribution in [2.75, 3.05) is 7.11 Å². The summed E-state index contributed by atoms with van der Waals surface area (Å²) in [6.45, 7) is 2.04. The highest BCUT2D eigenvalue weighted by atomic mass is 32.2. The van der Waals surface area contributed by atoms with Crippen molar-refractivity contribution in [3.8, 4) is 11.5 Å². The number of ether oxygens (including phenoxy) is 2. The number of hydrogen-bond donors (Lipinski definition) is 2. The van der Waals surface area contributed by atoms with Crippen LogP contribution in [-0.4, -0.2) is 49.9 Å². The highest BCUT2D eigenvalue weighted by Crippen LogP contribution is 2.30. The van der Waals surface area contributed by atoms with Crippen molar-refractivity contribution < 1.29 is 37.8 Å². The number of aromatic nitrogens is 1. The highest BCUT2D eigenvalue weighted by molar-refractivity contribution is 7.91. The van der Waals surface area contributed by atoms with Gasteiger partial charge >= 0.3 is 12.6 Å². The molecule has 0 amide bonds. The van der Waals surface area contributed by atoms with E-state index in [0.717, 1.165) is 6.07 Å². The number of hydrogen-bond acceptors (Lipinski definition) is 8. The molecule has 0 spiro atoms. The standard InChI is InChI=1S/C21H24F2N2O6S/c1-21(2,3)32(29)25-16(14-7-6-13(9-17(14)26)31-20(22)23)10-18(27)15-8-5-12(11-24-15)19(28)30-4/h5-9,11,18,20,26-27H,10H2,1-4H3. The SMILES string of the molecule is COC(=O)c1ccc(C(O)CC(=N[S+]([O-])C(C)(C)C)c2ccc(OC(F)F)cc2O)nc1. The van der Waals surface area contributed by atoms with E-state index in [1.54, 1.807) is 20.8 Å². The summed E-state index contributed by atoms with van der Waals surface area (Å²) in [7, 11) is 1.23. The highest BCUT2D eigenvalue weighted by Gasteiger charge is 2.29. The largest absolute Gasteiger partial charge is 0.591 e. The first-order valence-corrected chi connectivity index (χ1v) is 10.5. The average Bonchev–Trinajstić information content (AvgIpc) is 2.71. The predicted octanol–water partition coefficient (Wildman–Crippen LogP) is 3.55. The summed E-state index contributed by atoms with van der Waals surface area (Å²) < 4.78 is 49.8. The summed E-state index contributed by atoms with van der Waals surface area (Å²) in [6.07, 6.45) is -0.189. The molecule has 1 aromatic heterocycles. The number of nitrogens with zero attached hydrogens (tertiary/aromatic N) is 2. The lowest BCUT2D eigenvalue weighted by Crippen LogP contribution is -2.27. The Morgan fingerprint density at radius 2 is 1.97 bits per heavy atom. The number of benzene rings is 1. The Balaban J connectivity index is 2.38. The number of aliphatic hydroxyl groups is 1. The number of esters is 1. The number of carbonyl (C=O) groups excluding carboxylic acids is 1. The Morgan fingerprint density at radius 3 is 2.47 bits per heavy atom. The molecule has 0 saturated carbocycles. The molecule has 2 unspecified atom stereocenters. The van der Waals surface area contributed by atoms with Gasteiger partial charge in [-0.25, -0.2) is 4.79 Å². The van der Waals surface area contributed by atoms with Crippen molar-refractivity contribution >= 4 is 23.0 Å². The van der Waals surface area contributed by atoms with E-state index in [2.05, 4.69) is 18.9 Å². The van der Waals surface area contributed by atoms with E-state index in [-0.39, 0.29) is 34.7 Å². The first-order valence-electron chi connectivity index (χ1n) is 9.42. The molecular weight excluding hydrogens is 446 g/mol. The van der Waals surface area contributed by atoms with Gasteiger partial charge in [0.25, 0.3) is 0 Å². The molecule has 0 aliphatic carbocycles. The number of methoxy groups -OCH3 is 1. The lowest BCUT2D eigenvalue weighted by Gasteiger charge is -2.20. The predicted molar refractivity (Wildman–Crippen MR) is 114 cm³/mol. The topological polar surface area (TPSA) is 124 Å². The van der Waals surface area contributed by atoms with Crippen LogP contribution in [0.3, 0.4) is 0 Å². The number of halogens is 2. The van der Waals surface area contributed by atoms with Crippen LogP contribution in [0.1, 0.15) is 54.9 Å². The van der Waals surface area contributed by atoms with Crippen LogP contribution in [0, 0.1) is 0 Å². The van der Waals surface area contributed by atoms with E-state index in [0.29, 0.717) is 0 Å². The van der Waals surface area contributed by atoms with Gasteiger partial charge in [0.2, 0.25) is 0 Å². The Morgan fingerprint density at radius 1 is 1.28 bits per heavy atom. The van der Waals surface area contributed by atoms with Gasteiger partial charge in [0, 0.05) is 24.2 Å². The van der Waals surface area contributed by atoms with E-state index in [1.165, 1.54) is 37.6 Å². The molecule has 0 saturated heterocycles. The fraction of sp³-hybridized carbons (Fsp3) is 0.381. The number of pyridine rings is 1. The molecule has 0 aliphatic heterocycles. The Hall–Kier alpha value is -2.76. The van der Waals surface area contributed by atoms with Crippen LogP contribution in [0.5, 0.6) is 11.5 Å². The molecule has 0 bridgehead atoms. The second kappa shape index (κ2) is 10.7. The summed E-state index contributed by atoms with van der Waals surface area (Å²) in [5.41, 5.74) is 0.558. The molecule has 8 nitrogen and oxygen atoms in total.